The molecule has 2 aromatic carbocycles. The smallest absolute Gasteiger partial charge is 0.112 e. The average molecular weight is 536 g/mol. The summed E-state index contributed by atoms with van der Waals surface area (Å²) in [6.45, 7) is 9.82. The zero-order valence-corrected chi connectivity index (χ0v) is 23.1. The first-order chi connectivity index (χ1) is 19.1. The number of rotatable bonds is 8. The molecule has 9 nitrogen and oxygen atoms in total. The Morgan fingerprint density at radius 2 is 1.77 bits per heavy atom. The molecule has 0 aliphatic heterocycles. The fourth-order valence-electron chi connectivity index (χ4n) is 4.37. The molecule has 0 bridgehead atoms. The molecule has 0 aliphatic carbocycles. The molecule has 2 N–H and O–H groups in total. The van der Waals surface area contributed by atoms with E-state index in [0.717, 1.165) is 11.1 Å². The first-order valence-electron chi connectivity index (χ1n) is 12.8. The Hall–Kier alpha value is -5.01. The Morgan fingerprint density at radius 3 is 2.42 bits per heavy atom. The van der Waals surface area contributed by atoms with Crippen LogP contribution >= 0.6 is 0 Å². The molecule has 2 aromatic heterocycles. The molecule has 0 aliphatic rings. The van der Waals surface area contributed by atoms with Crippen LogP contribution in [0.15, 0.2) is 42.7 Å². The lowest BCUT2D eigenvalue weighted by Gasteiger charge is -2.23. The maximum atomic E-state index is 13.4. The number of fused-ring (bicyclic) bond motifs is 1. The van der Waals surface area contributed by atoms with Crippen molar-refractivity contribution in [3.05, 3.63) is 76.2 Å². The van der Waals surface area contributed by atoms with Crippen LogP contribution in [0, 0.1) is 46.3 Å². The van der Waals surface area contributed by atoms with Gasteiger partial charge in [-0.25, -0.2) is 9.07 Å². The van der Waals surface area contributed by atoms with Gasteiger partial charge in [-0.15, -0.1) is 5.10 Å². The lowest BCUT2D eigenvalue weighted by Crippen LogP contribution is -2.20. The summed E-state index contributed by atoms with van der Waals surface area (Å²) in [4.78, 5) is 4.42. The lowest BCUT2D eigenvalue weighted by molar-refractivity contribution is 0.351. The largest absolute Gasteiger partial charge is 0.383 e. The molecule has 2 atom stereocenters. The minimum atomic E-state index is -0.599. The van der Waals surface area contributed by atoms with Crippen LogP contribution in [-0.2, 0) is 0 Å². The van der Waals surface area contributed by atoms with Gasteiger partial charge in [-0.05, 0) is 48.6 Å². The highest BCUT2D eigenvalue weighted by Gasteiger charge is 2.24. The van der Waals surface area contributed by atoms with Crippen molar-refractivity contribution in [1.82, 2.24) is 20.0 Å². The van der Waals surface area contributed by atoms with Crippen LogP contribution in [0.5, 0.6) is 0 Å². The minimum absolute atomic E-state index is 0.0623. The standard InChI is InChI=1S/C30H30FN9/c1-18(11-31)40-16-26(38-39-40)29(24-8-6-7-20(12-32)19(24)2)37-23-9-21(13-33)27-25(10-23)28(22(14-34)15-35-27)36-17-30(3,4)5/h6-10,15-16,18,29,37H,11,17H2,1-5H3,(H,35,36). The van der Waals surface area contributed by atoms with Crippen LogP contribution in [0.2, 0.25) is 0 Å². The fourth-order valence-corrected chi connectivity index (χ4v) is 4.37. The molecule has 40 heavy (non-hydrogen) atoms. The van der Waals surface area contributed by atoms with Crippen molar-refractivity contribution in [2.24, 2.45) is 5.41 Å². The van der Waals surface area contributed by atoms with Crippen LogP contribution in [0.4, 0.5) is 15.8 Å². The van der Waals surface area contributed by atoms with Gasteiger partial charge in [-0.1, -0.05) is 38.1 Å². The van der Waals surface area contributed by atoms with Gasteiger partial charge >= 0.3 is 0 Å². The first kappa shape index (κ1) is 28.0. The van der Waals surface area contributed by atoms with E-state index < -0.39 is 18.8 Å². The number of nitrogens with one attached hydrogen (secondary N) is 2. The average Bonchev–Trinajstić information content (AvgIpc) is 3.43. The third kappa shape index (κ3) is 5.70. The second-order valence-electron chi connectivity index (χ2n) is 10.9. The van der Waals surface area contributed by atoms with Gasteiger partial charge in [0.1, 0.15) is 24.5 Å². The second-order valence-corrected chi connectivity index (χ2v) is 10.9. The van der Waals surface area contributed by atoms with Gasteiger partial charge in [0.25, 0.3) is 0 Å². The summed E-state index contributed by atoms with van der Waals surface area (Å²) in [6.07, 6.45) is 3.16. The van der Waals surface area contributed by atoms with E-state index in [9.17, 15) is 20.2 Å². The molecular formula is C30H30FN9. The zero-order chi connectivity index (χ0) is 29.0. The van der Waals surface area contributed by atoms with Crippen LogP contribution < -0.4 is 10.6 Å². The van der Waals surface area contributed by atoms with Crippen molar-refractivity contribution >= 4 is 22.3 Å². The predicted octanol–water partition coefficient (Wildman–Crippen LogP) is 5.94. The number of hydrogen-bond donors (Lipinski definition) is 2. The summed E-state index contributed by atoms with van der Waals surface area (Å²) in [5, 5.41) is 45.4. The molecule has 2 heterocycles. The monoisotopic (exact) mass is 535 g/mol. The summed E-state index contributed by atoms with van der Waals surface area (Å²) >= 11 is 0. The van der Waals surface area contributed by atoms with Crippen molar-refractivity contribution in [3.63, 3.8) is 0 Å². The molecule has 0 spiro atoms. The Bertz CT molecular complexity index is 1680. The van der Waals surface area contributed by atoms with Crippen molar-refractivity contribution in [2.75, 3.05) is 23.9 Å². The SMILES string of the molecule is Cc1c(C#N)cccc1C(Nc1cc(C#N)c2ncc(C#N)c(NCC(C)(C)C)c2c1)c1cn(C(C)CF)nn1. The Morgan fingerprint density at radius 1 is 1.05 bits per heavy atom. The maximum Gasteiger partial charge on any atom is 0.112 e. The van der Waals surface area contributed by atoms with Gasteiger partial charge < -0.3 is 10.6 Å². The van der Waals surface area contributed by atoms with Crippen LogP contribution in [0.1, 0.15) is 73.3 Å². The van der Waals surface area contributed by atoms with Gasteiger partial charge in [0.15, 0.2) is 0 Å². The molecule has 4 aromatic rings. The normalized spacial score (nSPS) is 12.7. The second kappa shape index (κ2) is 11.4. The summed E-state index contributed by atoms with van der Waals surface area (Å²) in [5.74, 6) is 0. The van der Waals surface area contributed by atoms with E-state index in [0.29, 0.717) is 51.2 Å². The van der Waals surface area contributed by atoms with Crippen molar-refractivity contribution in [1.29, 1.82) is 15.8 Å². The van der Waals surface area contributed by atoms with E-state index in [1.165, 1.54) is 10.9 Å². The fraction of sp³-hybridized carbons (Fsp3) is 0.333. The van der Waals surface area contributed by atoms with Gasteiger partial charge in [0.05, 0.1) is 52.2 Å². The highest BCUT2D eigenvalue weighted by Crippen LogP contribution is 2.35. The predicted molar refractivity (Wildman–Crippen MR) is 151 cm³/mol. The number of nitrogens with zero attached hydrogens (tertiary/aromatic N) is 7. The van der Waals surface area contributed by atoms with E-state index in [4.69, 9.17) is 0 Å². The molecule has 0 saturated carbocycles. The quantitative estimate of drug-likeness (QED) is 0.283. The number of nitriles is 3. The lowest BCUT2D eigenvalue weighted by atomic mass is 9.94. The number of benzene rings is 2. The Labute approximate surface area is 232 Å². The van der Waals surface area contributed by atoms with Gasteiger partial charge in [0, 0.05) is 23.8 Å². The highest BCUT2D eigenvalue weighted by atomic mass is 19.1. The van der Waals surface area contributed by atoms with Crippen molar-refractivity contribution in [2.45, 2.75) is 46.7 Å². The third-order valence-electron chi connectivity index (χ3n) is 6.62. The number of aromatic nitrogens is 4. The van der Waals surface area contributed by atoms with Crippen molar-refractivity contribution in [3.8, 4) is 18.2 Å². The zero-order valence-electron chi connectivity index (χ0n) is 23.1. The molecular weight excluding hydrogens is 505 g/mol. The van der Waals surface area contributed by atoms with E-state index >= 15 is 0 Å². The number of alkyl halides is 1. The van der Waals surface area contributed by atoms with Gasteiger partial charge in [-0.3, -0.25) is 4.98 Å². The molecule has 0 amide bonds. The number of anilines is 2. The minimum Gasteiger partial charge on any atom is -0.383 e. The van der Waals surface area contributed by atoms with E-state index in [1.54, 1.807) is 31.3 Å². The Kier molecular flexibility index (Phi) is 7.98. The molecule has 0 fully saturated rings. The molecule has 202 valence electrons. The number of hydrogen-bond acceptors (Lipinski definition) is 8. The van der Waals surface area contributed by atoms with Gasteiger partial charge in [0.2, 0.25) is 0 Å². The molecule has 4 rings (SSSR count). The van der Waals surface area contributed by atoms with E-state index in [2.05, 4.69) is 64.9 Å². The topological polar surface area (TPSA) is 139 Å². The van der Waals surface area contributed by atoms with Crippen LogP contribution in [0.25, 0.3) is 10.9 Å². The summed E-state index contributed by atoms with van der Waals surface area (Å²) < 4.78 is 14.8. The van der Waals surface area contributed by atoms with E-state index in [-0.39, 0.29) is 5.41 Å². The number of halogens is 1. The summed E-state index contributed by atoms with van der Waals surface area (Å²) in [6, 6.07) is 14.5. The Balaban J connectivity index is 1.90. The van der Waals surface area contributed by atoms with Gasteiger partial charge in [-0.2, -0.15) is 15.8 Å². The number of pyridine rings is 1. The molecule has 2 unspecified atom stereocenters. The van der Waals surface area contributed by atoms with Crippen LogP contribution in [-0.4, -0.2) is 33.2 Å². The third-order valence-corrected chi connectivity index (χ3v) is 6.62. The molecule has 10 heteroatoms. The van der Waals surface area contributed by atoms with Crippen LogP contribution in [0.3, 0.4) is 0 Å². The molecule has 0 saturated heterocycles. The first-order valence-corrected chi connectivity index (χ1v) is 12.8. The van der Waals surface area contributed by atoms with E-state index in [1.807, 2.05) is 19.1 Å². The maximum absolute atomic E-state index is 13.4. The molecule has 0 radical (unpaired) electrons. The highest BCUT2D eigenvalue weighted by molar-refractivity contribution is 5.99. The summed E-state index contributed by atoms with van der Waals surface area (Å²) in [5.41, 5.74) is 4.88. The van der Waals surface area contributed by atoms with Crippen molar-refractivity contribution < 1.29 is 4.39 Å². The summed E-state index contributed by atoms with van der Waals surface area (Å²) in [7, 11) is 0.